The highest BCUT2D eigenvalue weighted by Gasteiger charge is 2.09. The van der Waals surface area contributed by atoms with Crippen molar-refractivity contribution in [1.82, 2.24) is 4.57 Å². The molecular formula is C14H11I2N. The molecule has 17 heavy (non-hydrogen) atoms. The summed E-state index contributed by atoms with van der Waals surface area (Å²) in [4.78, 5) is 0. The Morgan fingerprint density at radius 2 is 1.35 bits per heavy atom. The Morgan fingerprint density at radius 3 is 1.76 bits per heavy atom. The van der Waals surface area contributed by atoms with E-state index in [4.69, 9.17) is 0 Å². The third-order valence-corrected chi connectivity index (χ3v) is 4.45. The molecule has 0 N–H and O–H groups in total. The SMILES string of the molecule is CCn1c2ccc(I)cc2c2cc(I)ccc21. The van der Waals surface area contributed by atoms with Crippen LogP contribution in [0.5, 0.6) is 0 Å². The third kappa shape index (κ3) is 1.87. The van der Waals surface area contributed by atoms with Crippen LogP contribution in [0.25, 0.3) is 21.8 Å². The normalized spacial score (nSPS) is 11.5. The van der Waals surface area contributed by atoms with Crippen molar-refractivity contribution in [3.8, 4) is 0 Å². The summed E-state index contributed by atoms with van der Waals surface area (Å²) in [7, 11) is 0. The number of aryl methyl sites for hydroxylation is 1. The van der Waals surface area contributed by atoms with Crippen LogP contribution < -0.4 is 0 Å². The Hall–Kier alpha value is -0.300. The Kier molecular flexibility index (Phi) is 3.06. The first-order valence-electron chi connectivity index (χ1n) is 5.57. The van der Waals surface area contributed by atoms with Crippen molar-refractivity contribution in [2.24, 2.45) is 0 Å². The van der Waals surface area contributed by atoms with Crippen LogP contribution in [0.4, 0.5) is 0 Å². The molecule has 1 nitrogen and oxygen atoms in total. The first-order chi connectivity index (χ1) is 8.20. The van der Waals surface area contributed by atoms with E-state index >= 15 is 0 Å². The lowest BCUT2D eigenvalue weighted by Gasteiger charge is -2.02. The second kappa shape index (κ2) is 4.42. The summed E-state index contributed by atoms with van der Waals surface area (Å²) < 4.78 is 4.98. The van der Waals surface area contributed by atoms with E-state index in [9.17, 15) is 0 Å². The first-order valence-corrected chi connectivity index (χ1v) is 7.73. The Labute approximate surface area is 127 Å². The van der Waals surface area contributed by atoms with E-state index in [-0.39, 0.29) is 0 Å². The van der Waals surface area contributed by atoms with Gasteiger partial charge in [-0.15, -0.1) is 0 Å². The molecule has 0 aliphatic heterocycles. The second-order valence-corrected chi connectivity index (χ2v) is 6.56. The minimum atomic E-state index is 1.02. The van der Waals surface area contributed by atoms with Gasteiger partial charge in [-0.25, -0.2) is 0 Å². The van der Waals surface area contributed by atoms with Gasteiger partial charge in [0, 0.05) is 35.5 Å². The minimum Gasteiger partial charge on any atom is -0.341 e. The fourth-order valence-electron chi connectivity index (χ4n) is 2.39. The van der Waals surface area contributed by atoms with Crippen LogP contribution in [0.1, 0.15) is 6.92 Å². The van der Waals surface area contributed by atoms with Crippen molar-refractivity contribution in [3.05, 3.63) is 43.5 Å². The van der Waals surface area contributed by atoms with Crippen LogP contribution >= 0.6 is 45.2 Å². The first kappa shape index (κ1) is 11.8. The van der Waals surface area contributed by atoms with Gasteiger partial charge in [-0.2, -0.15) is 0 Å². The third-order valence-electron chi connectivity index (χ3n) is 3.11. The molecule has 3 heteroatoms. The maximum Gasteiger partial charge on any atom is 0.0492 e. The average molecular weight is 447 g/mol. The monoisotopic (exact) mass is 447 g/mol. The zero-order chi connectivity index (χ0) is 12.0. The van der Waals surface area contributed by atoms with Crippen LogP contribution in [0.3, 0.4) is 0 Å². The molecule has 0 spiro atoms. The Bertz CT molecular complexity index is 654. The predicted molar refractivity (Wildman–Crippen MR) is 90.6 cm³/mol. The van der Waals surface area contributed by atoms with E-state index in [1.165, 1.54) is 28.9 Å². The Balaban J connectivity index is 2.57. The molecule has 0 saturated heterocycles. The number of hydrogen-bond acceptors (Lipinski definition) is 0. The molecule has 0 aliphatic rings. The highest BCUT2D eigenvalue weighted by Crippen LogP contribution is 2.31. The van der Waals surface area contributed by atoms with E-state index in [1.807, 2.05) is 0 Å². The van der Waals surface area contributed by atoms with Crippen molar-refractivity contribution in [2.45, 2.75) is 13.5 Å². The van der Waals surface area contributed by atoms with Crippen molar-refractivity contribution in [1.29, 1.82) is 0 Å². The fraction of sp³-hybridized carbons (Fsp3) is 0.143. The molecule has 0 aliphatic carbocycles. The zero-order valence-corrected chi connectivity index (χ0v) is 13.7. The number of nitrogens with zero attached hydrogens (tertiary/aromatic N) is 1. The fourth-order valence-corrected chi connectivity index (χ4v) is 3.37. The van der Waals surface area contributed by atoms with Gasteiger partial charge in [0.25, 0.3) is 0 Å². The van der Waals surface area contributed by atoms with Crippen LogP contribution in [0.2, 0.25) is 0 Å². The van der Waals surface area contributed by atoms with Crippen LogP contribution in [0.15, 0.2) is 36.4 Å². The van der Waals surface area contributed by atoms with Gasteiger partial charge < -0.3 is 4.57 Å². The second-order valence-electron chi connectivity index (χ2n) is 4.07. The summed E-state index contributed by atoms with van der Waals surface area (Å²) in [6, 6.07) is 13.4. The highest BCUT2D eigenvalue weighted by molar-refractivity contribution is 14.1. The lowest BCUT2D eigenvalue weighted by molar-refractivity contribution is 0.827. The topological polar surface area (TPSA) is 4.93 Å². The highest BCUT2D eigenvalue weighted by atomic mass is 127. The van der Waals surface area contributed by atoms with E-state index in [1.54, 1.807) is 0 Å². The molecule has 3 aromatic rings. The van der Waals surface area contributed by atoms with Crippen molar-refractivity contribution < 1.29 is 0 Å². The van der Waals surface area contributed by atoms with Gasteiger partial charge in [-0.3, -0.25) is 0 Å². The average Bonchev–Trinajstić information content (AvgIpc) is 2.62. The maximum absolute atomic E-state index is 2.39. The van der Waals surface area contributed by atoms with Gasteiger partial charge in [-0.1, -0.05) is 0 Å². The molecule has 1 heterocycles. The molecule has 0 unspecified atom stereocenters. The maximum atomic E-state index is 2.39. The summed E-state index contributed by atoms with van der Waals surface area (Å²) in [6.45, 7) is 3.22. The quantitative estimate of drug-likeness (QED) is 0.462. The molecule has 86 valence electrons. The van der Waals surface area contributed by atoms with Gasteiger partial charge in [-0.05, 0) is 88.5 Å². The van der Waals surface area contributed by atoms with Crippen LogP contribution in [0, 0.1) is 7.14 Å². The van der Waals surface area contributed by atoms with Crippen molar-refractivity contribution in [3.63, 3.8) is 0 Å². The largest absolute Gasteiger partial charge is 0.341 e. The van der Waals surface area contributed by atoms with Crippen molar-refractivity contribution >= 4 is 67.0 Å². The molecule has 1 aromatic heterocycles. The van der Waals surface area contributed by atoms with Crippen LogP contribution in [-0.2, 0) is 6.54 Å². The van der Waals surface area contributed by atoms with E-state index < -0.39 is 0 Å². The smallest absolute Gasteiger partial charge is 0.0492 e. The van der Waals surface area contributed by atoms with Crippen LogP contribution in [-0.4, -0.2) is 4.57 Å². The molecular weight excluding hydrogens is 436 g/mol. The number of hydrogen-bond donors (Lipinski definition) is 0. The lowest BCUT2D eigenvalue weighted by Crippen LogP contribution is -1.92. The number of fused-ring (bicyclic) bond motifs is 3. The van der Waals surface area contributed by atoms with E-state index in [2.05, 4.69) is 93.1 Å². The standard InChI is InChI=1S/C14H11I2N/c1-2-17-13-5-3-9(15)7-11(13)12-8-10(16)4-6-14(12)17/h3-8H,2H2,1H3. The molecule has 3 rings (SSSR count). The number of benzene rings is 2. The molecule has 2 aromatic carbocycles. The minimum absolute atomic E-state index is 1.02. The van der Waals surface area contributed by atoms with Gasteiger partial charge in [0.15, 0.2) is 0 Å². The number of halogens is 2. The molecule has 0 atom stereocenters. The van der Waals surface area contributed by atoms with Crippen molar-refractivity contribution in [2.75, 3.05) is 0 Å². The molecule has 0 fully saturated rings. The zero-order valence-electron chi connectivity index (χ0n) is 9.37. The van der Waals surface area contributed by atoms with Gasteiger partial charge in [0.2, 0.25) is 0 Å². The number of aromatic nitrogens is 1. The molecule has 0 saturated carbocycles. The predicted octanol–water partition coefficient (Wildman–Crippen LogP) is 5.02. The lowest BCUT2D eigenvalue weighted by atomic mass is 10.2. The van der Waals surface area contributed by atoms with Gasteiger partial charge >= 0.3 is 0 Å². The molecule has 0 radical (unpaired) electrons. The summed E-state index contributed by atoms with van der Waals surface area (Å²) in [6.07, 6.45) is 0. The summed E-state index contributed by atoms with van der Waals surface area (Å²) >= 11 is 4.76. The van der Waals surface area contributed by atoms with E-state index in [0.717, 1.165) is 6.54 Å². The number of rotatable bonds is 1. The Morgan fingerprint density at radius 1 is 0.882 bits per heavy atom. The van der Waals surface area contributed by atoms with Gasteiger partial charge in [0.05, 0.1) is 0 Å². The van der Waals surface area contributed by atoms with E-state index in [0.29, 0.717) is 0 Å². The summed E-state index contributed by atoms with van der Waals surface area (Å²) in [5.41, 5.74) is 2.68. The molecule has 0 amide bonds. The summed E-state index contributed by atoms with van der Waals surface area (Å²) in [5.74, 6) is 0. The summed E-state index contributed by atoms with van der Waals surface area (Å²) in [5, 5.41) is 2.74. The molecule has 0 bridgehead atoms. The van der Waals surface area contributed by atoms with Gasteiger partial charge in [0.1, 0.15) is 0 Å².